The fourth-order valence-electron chi connectivity index (χ4n) is 2.20. The van der Waals surface area contributed by atoms with E-state index < -0.39 is 0 Å². The van der Waals surface area contributed by atoms with Gasteiger partial charge in [-0.15, -0.1) is 0 Å². The molecule has 0 bridgehead atoms. The maximum Gasteiger partial charge on any atom is 0.0750 e. The quantitative estimate of drug-likeness (QED) is 0.769. The van der Waals surface area contributed by atoms with Crippen LogP contribution in [0.15, 0.2) is 16.8 Å². The van der Waals surface area contributed by atoms with Crippen molar-refractivity contribution < 1.29 is 4.74 Å². The Kier molecular flexibility index (Phi) is 6.78. The molecule has 0 fully saturated rings. The minimum absolute atomic E-state index is 0.309. The Bertz CT molecular complexity index is 284. The van der Waals surface area contributed by atoms with Crippen LogP contribution in [0.2, 0.25) is 0 Å². The highest BCUT2D eigenvalue weighted by atomic mass is 32.1. The van der Waals surface area contributed by atoms with Gasteiger partial charge in [-0.25, -0.2) is 0 Å². The Hall–Kier alpha value is -0.380. The number of hydrogen-bond donors (Lipinski definition) is 1. The lowest BCUT2D eigenvalue weighted by atomic mass is 9.95. The van der Waals surface area contributed by atoms with Crippen LogP contribution in [0.4, 0.5) is 0 Å². The first kappa shape index (κ1) is 14.7. The first-order valence-electron chi connectivity index (χ1n) is 6.49. The van der Waals surface area contributed by atoms with Crippen molar-refractivity contribution in [3.8, 4) is 0 Å². The van der Waals surface area contributed by atoms with E-state index in [1.807, 2.05) is 7.05 Å². The predicted molar refractivity (Wildman–Crippen MR) is 75.7 cm³/mol. The molecule has 98 valence electrons. The summed E-state index contributed by atoms with van der Waals surface area (Å²) in [5.41, 5.74) is 1.44. The summed E-state index contributed by atoms with van der Waals surface area (Å²) < 4.78 is 5.87. The number of likely N-dealkylation sites (N-methyl/N-ethyl adjacent to an activating group) is 1. The highest BCUT2D eigenvalue weighted by molar-refractivity contribution is 7.07. The second-order valence-corrected chi connectivity index (χ2v) is 5.51. The molecule has 0 saturated carbocycles. The topological polar surface area (TPSA) is 21.3 Å². The van der Waals surface area contributed by atoms with E-state index in [-0.39, 0.29) is 0 Å². The van der Waals surface area contributed by atoms with Crippen molar-refractivity contribution in [3.63, 3.8) is 0 Å². The average Bonchev–Trinajstić information content (AvgIpc) is 2.81. The molecule has 1 heterocycles. The van der Waals surface area contributed by atoms with Gasteiger partial charge in [0.1, 0.15) is 0 Å². The molecular formula is C14H25NOS. The van der Waals surface area contributed by atoms with Gasteiger partial charge in [0.2, 0.25) is 0 Å². The molecule has 2 nitrogen and oxygen atoms in total. The van der Waals surface area contributed by atoms with Crippen molar-refractivity contribution in [2.24, 2.45) is 5.92 Å². The Balaban J connectivity index is 2.50. The molecule has 17 heavy (non-hydrogen) atoms. The van der Waals surface area contributed by atoms with Crippen LogP contribution in [0.1, 0.15) is 32.8 Å². The minimum Gasteiger partial charge on any atom is -0.377 e. The summed E-state index contributed by atoms with van der Waals surface area (Å²) in [5.74, 6) is 0.551. The van der Waals surface area contributed by atoms with E-state index in [1.54, 1.807) is 11.3 Å². The number of thiophene rings is 1. The van der Waals surface area contributed by atoms with Gasteiger partial charge in [0.25, 0.3) is 0 Å². The van der Waals surface area contributed by atoms with E-state index in [1.165, 1.54) is 5.56 Å². The van der Waals surface area contributed by atoms with Crippen molar-refractivity contribution in [2.75, 3.05) is 13.7 Å². The van der Waals surface area contributed by atoms with Crippen LogP contribution in [0, 0.1) is 5.92 Å². The Morgan fingerprint density at radius 1 is 1.41 bits per heavy atom. The van der Waals surface area contributed by atoms with Crippen LogP contribution in [0.3, 0.4) is 0 Å². The molecule has 2 atom stereocenters. The average molecular weight is 255 g/mol. The maximum absolute atomic E-state index is 5.87. The molecule has 0 amide bonds. The smallest absolute Gasteiger partial charge is 0.0750 e. The molecule has 0 saturated heterocycles. The highest BCUT2D eigenvalue weighted by Crippen LogP contribution is 2.17. The normalized spacial score (nSPS) is 15.1. The van der Waals surface area contributed by atoms with E-state index in [0.29, 0.717) is 18.1 Å². The summed E-state index contributed by atoms with van der Waals surface area (Å²) >= 11 is 1.77. The molecule has 0 spiro atoms. The molecule has 0 aliphatic carbocycles. The lowest BCUT2D eigenvalue weighted by Crippen LogP contribution is -2.43. The van der Waals surface area contributed by atoms with Crippen LogP contribution in [-0.4, -0.2) is 25.8 Å². The molecule has 1 N–H and O–H groups in total. The molecule has 0 aliphatic rings. The third-order valence-electron chi connectivity index (χ3n) is 3.11. The fraction of sp³-hybridized carbons (Fsp3) is 0.714. The van der Waals surface area contributed by atoms with Crippen molar-refractivity contribution >= 4 is 11.3 Å². The van der Waals surface area contributed by atoms with E-state index in [4.69, 9.17) is 4.74 Å². The van der Waals surface area contributed by atoms with Crippen molar-refractivity contribution in [1.82, 2.24) is 5.32 Å². The monoisotopic (exact) mass is 255 g/mol. The third-order valence-corrected chi connectivity index (χ3v) is 3.84. The zero-order valence-electron chi connectivity index (χ0n) is 11.4. The maximum atomic E-state index is 5.87. The second kappa shape index (κ2) is 7.85. The summed E-state index contributed by atoms with van der Waals surface area (Å²) in [5, 5.41) is 7.79. The first-order valence-corrected chi connectivity index (χ1v) is 7.43. The van der Waals surface area contributed by atoms with E-state index in [0.717, 1.165) is 19.4 Å². The van der Waals surface area contributed by atoms with Crippen LogP contribution in [0.5, 0.6) is 0 Å². The van der Waals surface area contributed by atoms with Gasteiger partial charge in [-0.1, -0.05) is 13.8 Å². The van der Waals surface area contributed by atoms with Crippen LogP contribution in [0.25, 0.3) is 0 Å². The lowest BCUT2D eigenvalue weighted by molar-refractivity contribution is 0.00337. The summed E-state index contributed by atoms with van der Waals surface area (Å²) in [7, 11) is 2.03. The number of ether oxygens (including phenoxy) is 1. The Labute approximate surface area is 109 Å². The minimum atomic E-state index is 0.309. The van der Waals surface area contributed by atoms with Gasteiger partial charge in [-0.05, 0) is 55.1 Å². The largest absolute Gasteiger partial charge is 0.377 e. The van der Waals surface area contributed by atoms with E-state index in [2.05, 4.69) is 42.9 Å². The Morgan fingerprint density at radius 2 is 2.18 bits per heavy atom. The summed E-state index contributed by atoms with van der Waals surface area (Å²) in [6, 6.07) is 2.65. The second-order valence-electron chi connectivity index (χ2n) is 4.73. The summed E-state index contributed by atoms with van der Waals surface area (Å²) in [4.78, 5) is 0. The molecule has 0 radical (unpaired) electrons. The van der Waals surface area contributed by atoms with Gasteiger partial charge in [0, 0.05) is 12.6 Å². The predicted octanol–water partition coefficient (Wildman–Crippen LogP) is 3.33. The van der Waals surface area contributed by atoms with Crippen molar-refractivity contribution in [3.05, 3.63) is 22.4 Å². The van der Waals surface area contributed by atoms with Crippen LogP contribution >= 0.6 is 11.3 Å². The Morgan fingerprint density at radius 3 is 2.65 bits per heavy atom. The molecule has 1 aromatic heterocycles. The van der Waals surface area contributed by atoms with Gasteiger partial charge in [-0.2, -0.15) is 11.3 Å². The fourth-order valence-corrected chi connectivity index (χ4v) is 2.90. The van der Waals surface area contributed by atoms with E-state index in [9.17, 15) is 0 Å². The molecule has 3 heteroatoms. The van der Waals surface area contributed by atoms with Gasteiger partial charge >= 0.3 is 0 Å². The van der Waals surface area contributed by atoms with Gasteiger partial charge in [0.15, 0.2) is 0 Å². The third kappa shape index (κ3) is 4.78. The molecule has 2 unspecified atom stereocenters. The number of nitrogens with one attached hydrogen (secondary N) is 1. The first-order chi connectivity index (χ1) is 8.19. The van der Waals surface area contributed by atoms with Crippen LogP contribution in [-0.2, 0) is 11.2 Å². The van der Waals surface area contributed by atoms with Gasteiger partial charge in [-0.3, -0.25) is 0 Å². The number of aryl methyl sites for hydroxylation is 1. The summed E-state index contributed by atoms with van der Waals surface area (Å²) in [6.45, 7) is 7.32. The highest BCUT2D eigenvalue weighted by Gasteiger charge is 2.23. The SMILES string of the molecule is CCOC(C(C)C)C(CCc1ccsc1)NC. The van der Waals surface area contributed by atoms with Crippen molar-refractivity contribution in [1.29, 1.82) is 0 Å². The van der Waals surface area contributed by atoms with Crippen LogP contribution < -0.4 is 5.32 Å². The number of rotatable bonds is 8. The molecule has 1 aromatic rings. The van der Waals surface area contributed by atoms with Crippen molar-refractivity contribution in [2.45, 2.75) is 45.8 Å². The molecule has 0 aromatic carbocycles. The zero-order valence-corrected chi connectivity index (χ0v) is 12.2. The molecular weight excluding hydrogens is 230 g/mol. The molecule has 0 aliphatic heterocycles. The lowest BCUT2D eigenvalue weighted by Gasteiger charge is -2.29. The van der Waals surface area contributed by atoms with Gasteiger partial charge < -0.3 is 10.1 Å². The zero-order chi connectivity index (χ0) is 12.7. The number of hydrogen-bond acceptors (Lipinski definition) is 3. The van der Waals surface area contributed by atoms with Gasteiger partial charge in [0.05, 0.1) is 6.10 Å². The van der Waals surface area contributed by atoms with E-state index >= 15 is 0 Å². The standard InChI is InChI=1S/C14H25NOS/c1-5-16-14(11(2)3)13(15-4)7-6-12-8-9-17-10-12/h8-11,13-15H,5-7H2,1-4H3. The summed E-state index contributed by atoms with van der Waals surface area (Å²) in [6.07, 6.45) is 2.57. The molecule has 1 rings (SSSR count).